The van der Waals surface area contributed by atoms with Crippen molar-refractivity contribution in [3.8, 4) is 0 Å². The standard InChI is InChI=1S/C19H21N3O5S/c1-2-26-19(25)14-15(16-12(5-11-28-16)20-17(14)23)21-6-8-22(9-7-21)18(24)13-4-3-10-27-13/h3,5,10-11,13H,2,4,6-9H2,1H3,(H,20,23). The highest BCUT2D eigenvalue weighted by Crippen LogP contribution is 2.33. The quantitative estimate of drug-likeness (QED) is 0.782. The zero-order valence-corrected chi connectivity index (χ0v) is 16.3. The molecule has 2 aromatic rings. The monoisotopic (exact) mass is 403 g/mol. The number of anilines is 1. The van der Waals surface area contributed by atoms with Gasteiger partial charge in [-0.2, -0.15) is 0 Å². The van der Waals surface area contributed by atoms with Crippen molar-refractivity contribution in [2.45, 2.75) is 19.4 Å². The first-order valence-electron chi connectivity index (χ1n) is 9.25. The summed E-state index contributed by atoms with van der Waals surface area (Å²) in [7, 11) is 0. The molecule has 1 saturated heterocycles. The average molecular weight is 403 g/mol. The lowest BCUT2D eigenvalue weighted by atomic mass is 10.1. The van der Waals surface area contributed by atoms with Crippen molar-refractivity contribution in [3.63, 3.8) is 0 Å². The molecular weight excluding hydrogens is 382 g/mol. The molecule has 1 fully saturated rings. The fraction of sp³-hybridized carbons (Fsp3) is 0.421. The van der Waals surface area contributed by atoms with Crippen LogP contribution in [0.25, 0.3) is 10.2 Å². The van der Waals surface area contributed by atoms with Crippen LogP contribution in [0.4, 0.5) is 5.69 Å². The van der Waals surface area contributed by atoms with E-state index in [1.807, 2.05) is 22.4 Å². The smallest absolute Gasteiger partial charge is 0.345 e. The fourth-order valence-electron chi connectivity index (χ4n) is 3.59. The van der Waals surface area contributed by atoms with E-state index in [1.165, 1.54) is 11.3 Å². The summed E-state index contributed by atoms with van der Waals surface area (Å²) < 4.78 is 11.3. The van der Waals surface area contributed by atoms with E-state index in [2.05, 4.69) is 4.98 Å². The van der Waals surface area contributed by atoms with Crippen molar-refractivity contribution < 1.29 is 19.1 Å². The Labute approximate surface area is 165 Å². The van der Waals surface area contributed by atoms with Gasteiger partial charge in [0.25, 0.3) is 11.5 Å². The number of carbonyl (C=O) groups is 2. The maximum Gasteiger partial charge on any atom is 0.345 e. The number of hydrogen-bond donors (Lipinski definition) is 1. The summed E-state index contributed by atoms with van der Waals surface area (Å²) in [6.07, 6.45) is 3.56. The minimum atomic E-state index is -0.627. The summed E-state index contributed by atoms with van der Waals surface area (Å²) in [5.41, 5.74) is 0.864. The van der Waals surface area contributed by atoms with E-state index in [9.17, 15) is 14.4 Å². The van der Waals surface area contributed by atoms with Crippen LogP contribution in [0.5, 0.6) is 0 Å². The Kier molecular flexibility index (Phi) is 5.08. The molecule has 1 N–H and O–H groups in total. The van der Waals surface area contributed by atoms with Crippen LogP contribution >= 0.6 is 11.3 Å². The number of carbonyl (C=O) groups excluding carboxylic acids is 2. The van der Waals surface area contributed by atoms with E-state index < -0.39 is 17.6 Å². The lowest BCUT2D eigenvalue weighted by molar-refractivity contribution is -0.139. The molecule has 4 rings (SSSR count). The van der Waals surface area contributed by atoms with Gasteiger partial charge in [-0.25, -0.2) is 4.79 Å². The number of esters is 1. The predicted octanol–water partition coefficient (Wildman–Crippen LogP) is 1.72. The normalized spacial score (nSPS) is 19.1. The number of fused-ring (bicyclic) bond motifs is 1. The van der Waals surface area contributed by atoms with Crippen LogP contribution in [-0.2, 0) is 14.3 Å². The van der Waals surface area contributed by atoms with E-state index in [0.29, 0.717) is 43.8 Å². The molecule has 0 saturated carbocycles. The lowest BCUT2D eigenvalue weighted by Gasteiger charge is -2.37. The number of pyridine rings is 1. The summed E-state index contributed by atoms with van der Waals surface area (Å²) in [4.78, 5) is 44.2. The van der Waals surface area contributed by atoms with Gasteiger partial charge in [0, 0.05) is 32.6 Å². The van der Waals surface area contributed by atoms with Crippen molar-refractivity contribution in [1.29, 1.82) is 0 Å². The van der Waals surface area contributed by atoms with Crippen LogP contribution in [0.3, 0.4) is 0 Å². The molecule has 1 unspecified atom stereocenters. The number of amides is 1. The summed E-state index contributed by atoms with van der Waals surface area (Å²) >= 11 is 1.47. The molecule has 148 valence electrons. The lowest BCUT2D eigenvalue weighted by Crippen LogP contribution is -2.52. The van der Waals surface area contributed by atoms with Crippen molar-refractivity contribution in [1.82, 2.24) is 9.88 Å². The van der Waals surface area contributed by atoms with Gasteiger partial charge in [0.2, 0.25) is 0 Å². The second-order valence-electron chi connectivity index (χ2n) is 6.61. The summed E-state index contributed by atoms with van der Waals surface area (Å²) in [5.74, 6) is -0.652. The van der Waals surface area contributed by atoms with Gasteiger partial charge in [-0.15, -0.1) is 11.3 Å². The maximum absolute atomic E-state index is 12.6. The molecule has 2 aliphatic rings. The van der Waals surface area contributed by atoms with Gasteiger partial charge < -0.3 is 24.3 Å². The Morgan fingerprint density at radius 2 is 2.11 bits per heavy atom. The first-order chi connectivity index (χ1) is 13.6. The third kappa shape index (κ3) is 3.26. The highest BCUT2D eigenvalue weighted by atomic mass is 32.1. The molecule has 0 bridgehead atoms. The zero-order valence-electron chi connectivity index (χ0n) is 15.5. The minimum absolute atomic E-state index is 0.0255. The molecule has 4 heterocycles. The third-order valence-corrected chi connectivity index (χ3v) is 5.87. The van der Waals surface area contributed by atoms with Crippen molar-refractivity contribution in [2.24, 2.45) is 0 Å². The number of H-pyrrole nitrogens is 1. The van der Waals surface area contributed by atoms with Gasteiger partial charge >= 0.3 is 5.97 Å². The zero-order chi connectivity index (χ0) is 19.7. The van der Waals surface area contributed by atoms with Gasteiger partial charge in [-0.1, -0.05) is 0 Å². The van der Waals surface area contributed by atoms with E-state index in [4.69, 9.17) is 9.47 Å². The minimum Gasteiger partial charge on any atom is -0.488 e. The maximum atomic E-state index is 12.6. The highest BCUT2D eigenvalue weighted by Gasteiger charge is 2.32. The molecule has 0 spiro atoms. The number of ether oxygens (including phenoxy) is 2. The molecule has 0 radical (unpaired) electrons. The van der Waals surface area contributed by atoms with E-state index in [-0.39, 0.29) is 18.1 Å². The van der Waals surface area contributed by atoms with Gasteiger partial charge in [-0.3, -0.25) is 9.59 Å². The first-order valence-corrected chi connectivity index (χ1v) is 10.1. The average Bonchev–Trinajstić information content (AvgIpc) is 3.38. The molecular formula is C19H21N3O5S. The van der Waals surface area contributed by atoms with E-state index in [1.54, 1.807) is 18.1 Å². The second kappa shape index (κ2) is 7.67. The molecule has 2 aromatic heterocycles. The van der Waals surface area contributed by atoms with Gasteiger partial charge in [0.05, 0.1) is 28.8 Å². The Balaban J connectivity index is 1.61. The number of nitrogens with one attached hydrogen (secondary N) is 1. The molecule has 2 aliphatic heterocycles. The van der Waals surface area contributed by atoms with Gasteiger partial charge in [-0.05, 0) is 24.4 Å². The van der Waals surface area contributed by atoms with Crippen LogP contribution in [0.2, 0.25) is 0 Å². The summed E-state index contributed by atoms with van der Waals surface area (Å²) in [6, 6.07) is 1.82. The van der Waals surface area contributed by atoms with Gasteiger partial charge in [0.15, 0.2) is 6.10 Å². The van der Waals surface area contributed by atoms with Crippen LogP contribution in [-0.4, -0.2) is 60.7 Å². The molecule has 1 atom stereocenters. The topological polar surface area (TPSA) is 91.9 Å². The number of hydrogen-bond acceptors (Lipinski definition) is 7. The Morgan fingerprint density at radius 1 is 1.32 bits per heavy atom. The molecule has 0 aliphatic carbocycles. The Bertz CT molecular complexity index is 979. The Hall–Kier alpha value is -2.81. The Morgan fingerprint density at radius 3 is 2.79 bits per heavy atom. The van der Waals surface area contributed by atoms with Crippen molar-refractivity contribution in [2.75, 3.05) is 37.7 Å². The third-order valence-electron chi connectivity index (χ3n) is 4.94. The van der Waals surface area contributed by atoms with Crippen LogP contribution in [0.15, 0.2) is 28.6 Å². The highest BCUT2D eigenvalue weighted by molar-refractivity contribution is 7.17. The van der Waals surface area contributed by atoms with Crippen molar-refractivity contribution in [3.05, 3.63) is 39.7 Å². The predicted molar refractivity (Wildman–Crippen MR) is 106 cm³/mol. The molecule has 1 amide bonds. The summed E-state index contributed by atoms with van der Waals surface area (Å²) in [6.45, 7) is 3.95. The first kappa shape index (κ1) is 18.5. The number of rotatable bonds is 4. The number of nitrogens with zero attached hydrogens (tertiary/aromatic N) is 2. The molecule has 9 heteroatoms. The number of aromatic nitrogens is 1. The van der Waals surface area contributed by atoms with Crippen LogP contribution < -0.4 is 10.5 Å². The number of aromatic amines is 1. The number of piperazine rings is 1. The van der Waals surface area contributed by atoms with E-state index >= 15 is 0 Å². The molecule has 0 aromatic carbocycles. The van der Waals surface area contributed by atoms with Crippen molar-refractivity contribution >= 4 is 39.1 Å². The number of thiophene rings is 1. The second-order valence-corrected chi connectivity index (χ2v) is 7.52. The fourth-order valence-corrected chi connectivity index (χ4v) is 4.52. The van der Waals surface area contributed by atoms with Gasteiger partial charge in [0.1, 0.15) is 5.56 Å². The SMILES string of the molecule is CCOC(=O)c1c(N2CCN(C(=O)C3CC=CO3)CC2)c2sccc2[nH]c1=O. The largest absolute Gasteiger partial charge is 0.488 e. The molecule has 28 heavy (non-hydrogen) atoms. The van der Waals surface area contributed by atoms with Crippen LogP contribution in [0, 0.1) is 0 Å². The summed E-state index contributed by atoms with van der Waals surface area (Å²) in [5, 5.41) is 1.88. The van der Waals surface area contributed by atoms with E-state index in [0.717, 1.165) is 4.70 Å². The van der Waals surface area contributed by atoms with Crippen LogP contribution in [0.1, 0.15) is 23.7 Å². The molecule has 8 nitrogen and oxygen atoms in total.